The summed E-state index contributed by atoms with van der Waals surface area (Å²) in [6.07, 6.45) is 0. The molecule has 0 bridgehead atoms. The van der Waals surface area contributed by atoms with Gasteiger partial charge in [0, 0.05) is 0 Å². The number of hydrogen-bond acceptors (Lipinski definition) is 2. The third-order valence-electron chi connectivity index (χ3n) is 4.10. The van der Waals surface area contributed by atoms with E-state index in [1.54, 1.807) is 0 Å². The first kappa shape index (κ1) is 17.6. The van der Waals surface area contributed by atoms with Gasteiger partial charge in [-0.1, -0.05) is 0 Å². The molecule has 0 saturated heterocycles. The standard InChI is InChI=1S/C20H22N2Te/c1-13-7-15(3)19(16(4)8-13)23(11-21,12-22)20-17(5)9-14(2)10-18(20)6/h7-10H,1-6H3. The summed E-state index contributed by atoms with van der Waals surface area (Å²) in [5.41, 5.74) is 6.65. The van der Waals surface area contributed by atoms with Gasteiger partial charge in [0.2, 0.25) is 0 Å². The van der Waals surface area contributed by atoms with Crippen LogP contribution in [-0.4, -0.2) is 18.2 Å². The van der Waals surface area contributed by atoms with E-state index in [1.807, 2.05) is 27.7 Å². The zero-order valence-electron chi connectivity index (χ0n) is 14.6. The van der Waals surface area contributed by atoms with E-state index in [1.165, 1.54) is 11.1 Å². The van der Waals surface area contributed by atoms with Gasteiger partial charge in [-0.2, -0.15) is 0 Å². The van der Waals surface area contributed by atoms with Crippen LogP contribution in [0.15, 0.2) is 24.3 Å². The van der Waals surface area contributed by atoms with Crippen molar-refractivity contribution in [2.45, 2.75) is 41.5 Å². The first-order valence-electron chi connectivity index (χ1n) is 7.57. The van der Waals surface area contributed by atoms with Gasteiger partial charge in [-0.05, 0) is 0 Å². The molecule has 3 heteroatoms. The molecular formula is C20H22N2Te. The van der Waals surface area contributed by atoms with Gasteiger partial charge >= 0.3 is 143 Å². The summed E-state index contributed by atoms with van der Waals surface area (Å²) in [4.78, 5) is 0. The quantitative estimate of drug-likeness (QED) is 0.704. The number of hydrogen-bond donors (Lipinski definition) is 0. The second-order valence-corrected chi connectivity index (χ2v) is 13.1. The molecule has 0 N–H and O–H groups in total. The Morgan fingerprint density at radius 3 is 1.09 bits per heavy atom. The normalized spacial score (nSPS) is 11.7. The maximum atomic E-state index is 10.1. The molecule has 0 spiro atoms. The van der Waals surface area contributed by atoms with Crippen molar-refractivity contribution in [3.63, 3.8) is 0 Å². The summed E-state index contributed by atoms with van der Waals surface area (Å²) >= 11 is -3.78. The first-order valence-corrected chi connectivity index (χ1v) is 12.2. The molecule has 0 aliphatic carbocycles. The molecule has 2 aromatic rings. The van der Waals surface area contributed by atoms with Gasteiger partial charge in [0.25, 0.3) is 0 Å². The van der Waals surface area contributed by atoms with Crippen LogP contribution >= 0.6 is 0 Å². The van der Waals surface area contributed by atoms with Crippen LogP contribution in [0.4, 0.5) is 0 Å². The van der Waals surface area contributed by atoms with Crippen LogP contribution in [0.25, 0.3) is 0 Å². The van der Waals surface area contributed by atoms with Crippen LogP contribution in [0.2, 0.25) is 0 Å². The fourth-order valence-electron chi connectivity index (χ4n) is 3.60. The van der Waals surface area contributed by atoms with E-state index in [0.717, 1.165) is 29.5 Å². The predicted octanol–water partition coefficient (Wildman–Crippen LogP) is 3.23. The van der Waals surface area contributed by atoms with E-state index in [0.29, 0.717) is 0 Å². The number of nitrogens with zero attached hydrogens (tertiary/aromatic N) is 2. The second-order valence-electron chi connectivity index (χ2n) is 6.25. The van der Waals surface area contributed by atoms with E-state index >= 15 is 0 Å². The van der Waals surface area contributed by atoms with E-state index in [9.17, 15) is 10.5 Å². The van der Waals surface area contributed by atoms with E-state index < -0.39 is 18.2 Å². The molecule has 0 unspecified atom stereocenters. The average molecular weight is 418 g/mol. The van der Waals surface area contributed by atoms with Gasteiger partial charge < -0.3 is 0 Å². The maximum absolute atomic E-state index is 10.1. The van der Waals surface area contributed by atoms with Gasteiger partial charge in [0.1, 0.15) is 0 Å². The molecule has 0 atom stereocenters. The van der Waals surface area contributed by atoms with Crippen molar-refractivity contribution in [2.24, 2.45) is 0 Å². The Labute approximate surface area is 143 Å². The molecule has 2 aromatic carbocycles. The molecule has 0 saturated carbocycles. The van der Waals surface area contributed by atoms with Gasteiger partial charge in [-0.25, -0.2) is 0 Å². The Morgan fingerprint density at radius 1 is 0.609 bits per heavy atom. The summed E-state index contributed by atoms with van der Waals surface area (Å²) in [5, 5.41) is 20.3. The molecule has 2 nitrogen and oxygen atoms in total. The molecule has 0 aliphatic rings. The van der Waals surface area contributed by atoms with Gasteiger partial charge in [-0.15, -0.1) is 0 Å². The summed E-state index contributed by atoms with van der Waals surface area (Å²) in [5.74, 6) is 0. The number of rotatable bonds is 2. The number of benzene rings is 2. The van der Waals surface area contributed by atoms with Crippen LogP contribution in [0.1, 0.15) is 33.4 Å². The minimum atomic E-state index is -3.78. The van der Waals surface area contributed by atoms with Crippen LogP contribution in [0.3, 0.4) is 0 Å². The van der Waals surface area contributed by atoms with Crippen LogP contribution in [0, 0.1) is 60.3 Å². The Kier molecular flexibility index (Phi) is 4.87. The van der Waals surface area contributed by atoms with Crippen molar-refractivity contribution in [1.82, 2.24) is 0 Å². The van der Waals surface area contributed by atoms with Crippen molar-refractivity contribution >= 4 is 25.4 Å². The van der Waals surface area contributed by atoms with Gasteiger partial charge in [0.05, 0.1) is 0 Å². The van der Waals surface area contributed by atoms with Crippen molar-refractivity contribution in [3.8, 4) is 8.23 Å². The van der Waals surface area contributed by atoms with E-state index in [-0.39, 0.29) is 0 Å². The van der Waals surface area contributed by atoms with Crippen LogP contribution in [0.5, 0.6) is 0 Å². The van der Waals surface area contributed by atoms with E-state index in [2.05, 4.69) is 46.3 Å². The monoisotopic (exact) mass is 420 g/mol. The third-order valence-corrected chi connectivity index (χ3v) is 12.8. The van der Waals surface area contributed by atoms with Gasteiger partial charge in [-0.3, -0.25) is 0 Å². The SMILES string of the molecule is Cc1cc(C)c([Te](C#N)(C#N)c2c(C)cc(C)cc2C)c(C)c1. The number of nitriles is 2. The van der Waals surface area contributed by atoms with Crippen molar-refractivity contribution in [1.29, 1.82) is 10.5 Å². The van der Waals surface area contributed by atoms with E-state index in [4.69, 9.17) is 0 Å². The zero-order chi connectivity index (χ0) is 17.4. The topological polar surface area (TPSA) is 47.6 Å². The molecular weight excluding hydrogens is 396 g/mol. The minimum absolute atomic E-state index is 1.01. The van der Waals surface area contributed by atoms with Crippen molar-refractivity contribution < 1.29 is 0 Å². The molecule has 2 rings (SSSR count). The molecule has 23 heavy (non-hydrogen) atoms. The molecule has 0 heterocycles. The molecule has 0 aliphatic heterocycles. The third kappa shape index (κ3) is 2.88. The summed E-state index contributed by atoms with van der Waals surface area (Å²) in [7, 11) is 0. The fourth-order valence-corrected chi connectivity index (χ4v) is 11.5. The molecule has 0 aromatic heterocycles. The summed E-state index contributed by atoms with van der Waals surface area (Å²) in [6, 6.07) is 8.38. The molecule has 118 valence electrons. The predicted molar refractivity (Wildman–Crippen MR) is 97.6 cm³/mol. The Morgan fingerprint density at radius 2 is 0.870 bits per heavy atom. The average Bonchev–Trinajstić information content (AvgIpc) is 2.43. The van der Waals surface area contributed by atoms with Crippen molar-refractivity contribution in [2.75, 3.05) is 0 Å². The molecule has 0 radical (unpaired) electrons. The number of aryl methyl sites for hydroxylation is 6. The summed E-state index contributed by atoms with van der Waals surface area (Å²) in [6.45, 7) is 12.2. The summed E-state index contributed by atoms with van der Waals surface area (Å²) < 4.78 is 7.08. The Hall–Kier alpha value is -1.79. The first-order chi connectivity index (χ1) is 10.8. The van der Waals surface area contributed by atoms with Crippen molar-refractivity contribution in [3.05, 3.63) is 57.6 Å². The fraction of sp³-hybridized carbons (Fsp3) is 0.300. The van der Waals surface area contributed by atoms with Crippen LogP contribution in [-0.2, 0) is 0 Å². The Bertz CT molecular complexity index is 747. The second kappa shape index (κ2) is 6.37. The Balaban J connectivity index is 2.95. The van der Waals surface area contributed by atoms with Crippen LogP contribution < -0.4 is 7.22 Å². The molecule has 0 fully saturated rings. The zero-order valence-corrected chi connectivity index (χ0v) is 16.9. The van der Waals surface area contributed by atoms with Gasteiger partial charge in [0.15, 0.2) is 0 Å². The molecule has 0 amide bonds.